The molecule has 0 saturated carbocycles. The maximum atomic E-state index is 13.8. The first-order chi connectivity index (χ1) is 9.93. The Morgan fingerprint density at radius 1 is 1.10 bits per heavy atom. The zero-order valence-corrected chi connectivity index (χ0v) is 13.9. The zero-order valence-electron chi connectivity index (χ0n) is 12.3. The summed E-state index contributed by atoms with van der Waals surface area (Å²) in [4.78, 5) is 0. The summed E-state index contributed by atoms with van der Waals surface area (Å²) < 4.78 is 28.2. The van der Waals surface area contributed by atoms with E-state index >= 15 is 0 Å². The van der Waals surface area contributed by atoms with Gasteiger partial charge in [0.25, 0.3) is 0 Å². The molecule has 2 rings (SSSR count). The van der Waals surface area contributed by atoms with Crippen molar-refractivity contribution in [1.82, 2.24) is 5.32 Å². The third-order valence-electron chi connectivity index (χ3n) is 3.47. The van der Waals surface area contributed by atoms with Crippen molar-refractivity contribution in [1.29, 1.82) is 0 Å². The quantitative estimate of drug-likeness (QED) is 0.811. The second-order valence-corrected chi connectivity index (χ2v) is 5.98. The molecule has 0 aromatic heterocycles. The molecule has 2 aromatic carbocycles. The third kappa shape index (κ3) is 3.50. The number of benzene rings is 2. The van der Waals surface area contributed by atoms with Crippen LogP contribution >= 0.6 is 15.9 Å². The molecular weight excluding hydrogens is 336 g/mol. The summed E-state index contributed by atoms with van der Waals surface area (Å²) in [5, 5.41) is 3.34. The monoisotopic (exact) mass is 353 g/mol. The lowest BCUT2D eigenvalue weighted by Crippen LogP contribution is -2.23. The fraction of sp³-hybridized carbons (Fsp3) is 0.294. The number of halogens is 3. The van der Waals surface area contributed by atoms with E-state index in [4.69, 9.17) is 0 Å². The fourth-order valence-corrected chi connectivity index (χ4v) is 2.97. The Hall–Kier alpha value is -1.26. The number of hydrogen-bond acceptors (Lipinski definition) is 1. The molecule has 0 radical (unpaired) electrons. The predicted octanol–water partition coefficient (Wildman–Crippen LogP) is 5.04. The molecule has 0 aliphatic heterocycles. The summed E-state index contributed by atoms with van der Waals surface area (Å²) in [7, 11) is 0. The Balaban J connectivity index is 2.56. The smallest absolute Gasteiger partial charge is 0.129 e. The minimum Gasteiger partial charge on any atom is -0.306 e. The van der Waals surface area contributed by atoms with Gasteiger partial charge in [0.15, 0.2) is 0 Å². The van der Waals surface area contributed by atoms with Crippen LogP contribution in [0.2, 0.25) is 0 Å². The number of hydrogen-bond donors (Lipinski definition) is 1. The number of aryl methyl sites for hydroxylation is 2. The summed E-state index contributed by atoms with van der Waals surface area (Å²) in [6.45, 7) is 6.21. The van der Waals surface area contributed by atoms with Crippen LogP contribution in [0.1, 0.15) is 35.2 Å². The molecule has 4 heteroatoms. The van der Waals surface area contributed by atoms with Crippen molar-refractivity contribution >= 4 is 15.9 Å². The molecule has 0 aliphatic carbocycles. The highest BCUT2D eigenvalue weighted by molar-refractivity contribution is 9.10. The lowest BCUT2D eigenvalue weighted by atomic mass is 9.95. The SMILES string of the molecule is CCNC(c1cc(C)c(F)c(C)c1)c1cc(F)ccc1Br. The van der Waals surface area contributed by atoms with Crippen molar-refractivity contribution in [3.05, 3.63) is 68.7 Å². The molecule has 0 aliphatic rings. The summed E-state index contributed by atoms with van der Waals surface area (Å²) in [6.07, 6.45) is 0. The summed E-state index contributed by atoms with van der Waals surface area (Å²) >= 11 is 3.47. The van der Waals surface area contributed by atoms with Crippen molar-refractivity contribution in [3.8, 4) is 0 Å². The van der Waals surface area contributed by atoms with Crippen molar-refractivity contribution in [3.63, 3.8) is 0 Å². The van der Waals surface area contributed by atoms with Gasteiger partial charge in [-0.1, -0.05) is 35.0 Å². The molecule has 0 saturated heterocycles. The Bertz CT molecular complexity index is 632. The van der Waals surface area contributed by atoms with Gasteiger partial charge in [-0.25, -0.2) is 8.78 Å². The van der Waals surface area contributed by atoms with Gasteiger partial charge in [0.1, 0.15) is 11.6 Å². The van der Waals surface area contributed by atoms with Crippen LogP contribution in [-0.2, 0) is 0 Å². The molecule has 0 spiro atoms. The number of nitrogens with one attached hydrogen (secondary N) is 1. The Morgan fingerprint density at radius 3 is 2.29 bits per heavy atom. The molecule has 0 amide bonds. The van der Waals surface area contributed by atoms with E-state index in [1.165, 1.54) is 12.1 Å². The Labute approximate surface area is 132 Å². The van der Waals surface area contributed by atoms with Crippen LogP contribution in [0.5, 0.6) is 0 Å². The zero-order chi connectivity index (χ0) is 15.6. The van der Waals surface area contributed by atoms with Gasteiger partial charge in [-0.2, -0.15) is 0 Å². The van der Waals surface area contributed by atoms with E-state index in [0.29, 0.717) is 11.1 Å². The van der Waals surface area contributed by atoms with Crippen LogP contribution in [0.4, 0.5) is 8.78 Å². The second-order valence-electron chi connectivity index (χ2n) is 5.13. The van der Waals surface area contributed by atoms with Gasteiger partial charge in [0.2, 0.25) is 0 Å². The lowest BCUT2D eigenvalue weighted by Gasteiger charge is -2.21. The minimum absolute atomic E-state index is 0.182. The first kappa shape index (κ1) is 16.1. The Kier molecular flexibility index (Phi) is 5.12. The first-order valence-electron chi connectivity index (χ1n) is 6.89. The van der Waals surface area contributed by atoms with E-state index in [1.54, 1.807) is 19.9 Å². The van der Waals surface area contributed by atoms with E-state index < -0.39 is 0 Å². The normalized spacial score (nSPS) is 12.5. The van der Waals surface area contributed by atoms with Crippen molar-refractivity contribution in [2.24, 2.45) is 0 Å². The molecule has 112 valence electrons. The van der Waals surface area contributed by atoms with Gasteiger partial charge in [-0.3, -0.25) is 0 Å². The maximum absolute atomic E-state index is 13.8. The highest BCUT2D eigenvalue weighted by atomic mass is 79.9. The van der Waals surface area contributed by atoms with Crippen LogP contribution < -0.4 is 5.32 Å². The van der Waals surface area contributed by atoms with Crippen LogP contribution in [0, 0.1) is 25.5 Å². The molecule has 0 heterocycles. The van der Waals surface area contributed by atoms with Crippen molar-refractivity contribution < 1.29 is 8.78 Å². The van der Waals surface area contributed by atoms with E-state index in [-0.39, 0.29) is 17.7 Å². The third-order valence-corrected chi connectivity index (χ3v) is 4.19. The van der Waals surface area contributed by atoms with Gasteiger partial charge in [0, 0.05) is 4.47 Å². The minimum atomic E-state index is -0.286. The molecule has 1 N–H and O–H groups in total. The second kappa shape index (κ2) is 6.67. The van der Waals surface area contributed by atoms with Gasteiger partial charge in [-0.15, -0.1) is 0 Å². The molecule has 1 atom stereocenters. The van der Waals surface area contributed by atoms with E-state index in [2.05, 4.69) is 21.2 Å². The van der Waals surface area contributed by atoms with E-state index in [1.807, 2.05) is 19.1 Å². The summed E-state index contributed by atoms with van der Waals surface area (Å²) in [6, 6.07) is 8.06. The lowest BCUT2D eigenvalue weighted by molar-refractivity contribution is 0.590. The van der Waals surface area contributed by atoms with Crippen molar-refractivity contribution in [2.75, 3.05) is 6.54 Å². The maximum Gasteiger partial charge on any atom is 0.129 e. The molecule has 1 nitrogen and oxygen atoms in total. The van der Waals surface area contributed by atoms with Crippen LogP contribution in [0.15, 0.2) is 34.8 Å². The molecule has 2 aromatic rings. The molecule has 1 unspecified atom stereocenters. The summed E-state index contributed by atoms with van der Waals surface area (Å²) in [5.74, 6) is -0.473. The van der Waals surface area contributed by atoms with E-state index in [9.17, 15) is 8.78 Å². The average molecular weight is 354 g/mol. The highest BCUT2D eigenvalue weighted by Gasteiger charge is 2.18. The summed E-state index contributed by atoms with van der Waals surface area (Å²) in [5.41, 5.74) is 2.93. The topological polar surface area (TPSA) is 12.0 Å². The van der Waals surface area contributed by atoms with Crippen LogP contribution in [0.3, 0.4) is 0 Å². The average Bonchev–Trinajstić information content (AvgIpc) is 2.44. The molecule has 0 bridgehead atoms. The van der Waals surface area contributed by atoms with Gasteiger partial charge in [-0.05, 0) is 60.8 Å². The fourth-order valence-electron chi connectivity index (χ4n) is 2.49. The number of rotatable bonds is 4. The first-order valence-corrected chi connectivity index (χ1v) is 7.68. The van der Waals surface area contributed by atoms with Gasteiger partial charge in [0.05, 0.1) is 6.04 Å². The van der Waals surface area contributed by atoms with Gasteiger partial charge >= 0.3 is 0 Å². The van der Waals surface area contributed by atoms with E-state index in [0.717, 1.165) is 22.1 Å². The van der Waals surface area contributed by atoms with Gasteiger partial charge < -0.3 is 5.32 Å². The largest absolute Gasteiger partial charge is 0.306 e. The van der Waals surface area contributed by atoms with Crippen molar-refractivity contribution in [2.45, 2.75) is 26.8 Å². The molecule has 21 heavy (non-hydrogen) atoms. The highest BCUT2D eigenvalue weighted by Crippen LogP contribution is 2.31. The Morgan fingerprint density at radius 2 is 1.71 bits per heavy atom. The van der Waals surface area contributed by atoms with Crippen LogP contribution in [-0.4, -0.2) is 6.54 Å². The standard InChI is InChI=1S/C17H18BrF2N/c1-4-21-17(14-9-13(19)5-6-15(14)18)12-7-10(2)16(20)11(3)8-12/h5-9,17,21H,4H2,1-3H3. The van der Waals surface area contributed by atoms with Crippen LogP contribution in [0.25, 0.3) is 0 Å². The molecular formula is C17H18BrF2N. The predicted molar refractivity (Wildman–Crippen MR) is 85.5 cm³/mol. The molecule has 0 fully saturated rings.